The highest BCUT2D eigenvalue weighted by atomic mass is 16.6. The van der Waals surface area contributed by atoms with E-state index in [-0.39, 0.29) is 19.4 Å². The molecular weight excluding hydrogens is 350 g/mol. The molecule has 0 radical (unpaired) electrons. The average molecular weight is 375 g/mol. The number of methoxy groups -OCH3 is 1. The molecule has 0 aliphatic carbocycles. The summed E-state index contributed by atoms with van der Waals surface area (Å²) in [5, 5.41) is 10.1. The predicted molar refractivity (Wildman–Crippen MR) is 95.6 cm³/mol. The van der Waals surface area contributed by atoms with Gasteiger partial charge in [0.2, 0.25) is 5.91 Å². The van der Waals surface area contributed by atoms with Crippen molar-refractivity contribution in [3.8, 4) is 0 Å². The molecule has 1 aromatic carbocycles. The molecule has 3 rings (SSSR count). The van der Waals surface area contributed by atoms with E-state index < -0.39 is 40.4 Å². The van der Waals surface area contributed by atoms with Crippen LogP contribution >= 0.6 is 0 Å². The number of carboxylic acid groups (broad SMARTS) is 1. The van der Waals surface area contributed by atoms with Crippen LogP contribution in [0.25, 0.3) is 0 Å². The topological polar surface area (TPSA) is 93.1 Å². The number of carbonyl (C=O) groups is 3. The quantitative estimate of drug-likeness (QED) is 0.638. The molecule has 0 unspecified atom stereocenters. The zero-order valence-electron chi connectivity index (χ0n) is 16.0. The maximum atomic E-state index is 13.5. The summed E-state index contributed by atoms with van der Waals surface area (Å²) in [6, 6.07) is 8.98. The third kappa shape index (κ3) is 2.81. The molecule has 1 amide bonds. The Hall–Kier alpha value is -2.41. The Morgan fingerprint density at radius 2 is 1.93 bits per heavy atom. The number of esters is 1. The van der Waals surface area contributed by atoms with Crippen LogP contribution in [0.1, 0.15) is 32.8 Å². The van der Waals surface area contributed by atoms with Crippen molar-refractivity contribution in [2.75, 3.05) is 13.7 Å². The lowest BCUT2D eigenvalue weighted by molar-refractivity contribution is -0.163. The summed E-state index contributed by atoms with van der Waals surface area (Å²) in [7, 11) is 1.24. The number of rotatable bonds is 4. The summed E-state index contributed by atoms with van der Waals surface area (Å²) in [6.07, 6.45) is -0.878. The molecule has 3 atom stereocenters. The van der Waals surface area contributed by atoms with Gasteiger partial charge in [-0.15, -0.1) is 0 Å². The smallest absolute Gasteiger partial charge is 0.334 e. The number of amides is 1. The Morgan fingerprint density at radius 1 is 1.30 bits per heavy atom. The van der Waals surface area contributed by atoms with Crippen molar-refractivity contribution in [2.24, 2.45) is 10.8 Å². The van der Waals surface area contributed by atoms with Crippen LogP contribution in [0.15, 0.2) is 30.3 Å². The minimum absolute atomic E-state index is 0.00805. The van der Waals surface area contributed by atoms with Gasteiger partial charge in [0, 0.05) is 11.8 Å². The SMILES string of the molecule is COC(=O)[C@@]12CO[C@@H](C(C)(C)C)N1C(=O)[C@](Cc1ccccc1)(C(=O)O)C2. The normalized spacial score (nSPS) is 30.3. The zero-order chi connectivity index (χ0) is 20.0. The molecule has 0 saturated carbocycles. The number of carbonyl (C=O) groups excluding carboxylic acids is 2. The van der Waals surface area contributed by atoms with Gasteiger partial charge in [0.05, 0.1) is 13.7 Å². The van der Waals surface area contributed by atoms with Gasteiger partial charge >= 0.3 is 11.9 Å². The maximum absolute atomic E-state index is 13.5. The standard InChI is InChI=1S/C20H25NO6/c1-18(2,3)15-21-14(22)19(16(23)24,10-13-8-6-5-7-9-13)11-20(21,12-27-15)17(25)26-4/h5-9,15H,10-12H2,1-4H3,(H,23,24)/t15-,19+,20+/m0/s1. The summed E-state index contributed by atoms with van der Waals surface area (Å²) in [5.41, 5.74) is -2.92. The lowest BCUT2D eigenvalue weighted by atomic mass is 9.76. The fraction of sp³-hybridized carbons (Fsp3) is 0.550. The highest BCUT2D eigenvalue weighted by molar-refractivity contribution is 6.08. The Bertz CT molecular complexity index is 770. The summed E-state index contributed by atoms with van der Waals surface area (Å²) in [5.74, 6) is -2.47. The zero-order valence-corrected chi connectivity index (χ0v) is 16.0. The Morgan fingerprint density at radius 3 is 2.44 bits per heavy atom. The third-order valence-corrected chi connectivity index (χ3v) is 5.46. The van der Waals surface area contributed by atoms with Crippen molar-refractivity contribution in [2.45, 2.75) is 45.4 Å². The first kappa shape index (κ1) is 19.4. The van der Waals surface area contributed by atoms with Crippen LogP contribution in [0.5, 0.6) is 0 Å². The van der Waals surface area contributed by atoms with Crippen LogP contribution in [0.4, 0.5) is 0 Å². The molecule has 2 aliphatic heterocycles. The monoisotopic (exact) mass is 375 g/mol. The summed E-state index contributed by atoms with van der Waals surface area (Å²) >= 11 is 0. The minimum atomic E-state index is -1.73. The minimum Gasteiger partial charge on any atom is -0.480 e. The van der Waals surface area contributed by atoms with Gasteiger partial charge in [0.15, 0.2) is 11.0 Å². The molecular formula is C20H25NO6. The molecule has 2 aliphatic rings. The van der Waals surface area contributed by atoms with Crippen molar-refractivity contribution in [3.05, 3.63) is 35.9 Å². The number of fused-ring (bicyclic) bond motifs is 1. The largest absolute Gasteiger partial charge is 0.480 e. The second kappa shape index (κ2) is 6.34. The van der Waals surface area contributed by atoms with Crippen LogP contribution in [0.2, 0.25) is 0 Å². The fourth-order valence-corrected chi connectivity index (χ4v) is 4.21. The molecule has 7 nitrogen and oxygen atoms in total. The van der Waals surface area contributed by atoms with Crippen molar-refractivity contribution in [1.29, 1.82) is 0 Å². The molecule has 2 fully saturated rings. The molecule has 7 heteroatoms. The lowest BCUT2D eigenvalue weighted by Gasteiger charge is -2.36. The number of hydrogen-bond donors (Lipinski definition) is 1. The Labute approximate surface area is 158 Å². The highest BCUT2D eigenvalue weighted by Gasteiger charge is 2.72. The van der Waals surface area contributed by atoms with Gasteiger partial charge in [0.25, 0.3) is 0 Å². The van der Waals surface area contributed by atoms with E-state index in [1.807, 2.05) is 26.8 Å². The van der Waals surface area contributed by atoms with E-state index in [0.29, 0.717) is 0 Å². The lowest BCUT2D eigenvalue weighted by Crippen LogP contribution is -2.55. The summed E-state index contributed by atoms with van der Waals surface area (Å²) in [4.78, 5) is 39.9. The fourth-order valence-electron chi connectivity index (χ4n) is 4.21. The van der Waals surface area contributed by atoms with Crippen LogP contribution in [-0.4, -0.2) is 53.3 Å². The summed E-state index contributed by atoms with van der Waals surface area (Å²) in [6.45, 7) is 5.58. The second-order valence-electron chi connectivity index (χ2n) is 8.45. The third-order valence-electron chi connectivity index (χ3n) is 5.46. The molecule has 0 aromatic heterocycles. The molecule has 2 saturated heterocycles. The first-order chi connectivity index (χ1) is 12.6. The molecule has 146 valence electrons. The molecule has 0 spiro atoms. The van der Waals surface area contributed by atoms with Crippen LogP contribution in [0, 0.1) is 10.8 Å². The molecule has 0 bridgehead atoms. The predicted octanol–water partition coefficient (Wildman–Crippen LogP) is 1.85. The number of aliphatic carboxylic acids is 1. The van der Waals surface area contributed by atoms with Crippen molar-refractivity contribution in [1.82, 2.24) is 4.90 Å². The molecule has 2 heterocycles. The Kier molecular flexibility index (Phi) is 4.54. The van der Waals surface area contributed by atoms with Crippen molar-refractivity contribution < 1.29 is 29.0 Å². The first-order valence-corrected chi connectivity index (χ1v) is 8.90. The van der Waals surface area contributed by atoms with Gasteiger partial charge < -0.3 is 14.6 Å². The van der Waals surface area contributed by atoms with E-state index in [1.54, 1.807) is 24.3 Å². The summed E-state index contributed by atoms with van der Waals surface area (Å²) < 4.78 is 10.8. The number of benzene rings is 1. The van der Waals surface area contributed by atoms with Crippen molar-refractivity contribution in [3.63, 3.8) is 0 Å². The van der Waals surface area contributed by atoms with E-state index in [2.05, 4.69) is 0 Å². The molecule has 1 N–H and O–H groups in total. The van der Waals surface area contributed by atoms with E-state index >= 15 is 0 Å². The number of hydrogen-bond acceptors (Lipinski definition) is 5. The number of carboxylic acids is 1. The number of nitrogens with zero attached hydrogens (tertiary/aromatic N) is 1. The van der Waals surface area contributed by atoms with Gasteiger partial charge in [0.1, 0.15) is 6.23 Å². The maximum Gasteiger partial charge on any atom is 0.334 e. The van der Waals surface area contributed by atoms with E-state index in [0.717, 1.165) is 5.56 Å². The first-order valence-electron chi connectivity index (χ1n) is 8.90. The Balaban J connectivity index is 2.12. The van der Waals surface area contributed by atoms with Gasteiger partial charge in [-0.1, -0.05) is 51.1 Å². The van der Waals surface area contributed by atoms with Gasteiger partial charge in [-0.25, -0.2) is 4.79 Å². The van der Waals surface area contributed by atoms with Gasteiger partial charge in [-0.05, 0) is 12.0 Å². The average Bonchev–Trinajstić information content (AvgIpc) is 3.10. The number of ether oxygens (including phenoxy) is 2. The van der Waals surface area contributed by atoms with Gasteiger partial charge in [-0.2, -0.15) is 0 Å². The second-order valence-corrected chi connectivity index (χ2v) is 8.45. The van der Waals surface area contributed by atoms with E-state index in [1.165, 1.54) is 12.0 Å². The van der Waals surface area contributed by atoms with E-state index in [9.17, 15) is 19.5 Å². The molecule has 27 heavy (non-hydrogen) atoms. The van der Waals surface area contributed by atoms with Crippen LogP contribution < -0.4 is 0 Å². The van der Waals surface area contributed by atoms with E-state index in [4.69, 9.17) is 9.47 Å². The van der Waals surface area contributed by atoms with Crippen LogP contribution in [0.3, 0.4) is 0 Å². The highest BCUT2D eigenvalue weighted by Crippen LogP contribution is 2.52. The van der Waals surface area contributed by atoms with Crippen molar-refractivity contribution >= 4 is 17.8 Å². The van der Waals surface area contributed by atoms with Crippen LogP contribution in [-0.2, 0) is 30.3 Å². The van der Waals surface area contributed by atoms with Gasteiger partial charge in [-0.3, -0.25) is 14.5 Å². The molecule has 1 aromatic rings.